The van der Waals surface area contributed by atoms with Crippen molar-refractivity contribution in [3.05, 3.63) is 192 Å². The van der Waals surface area contributed by atoms with E-state index in [-0.39, 0.29) is 13.4 Å². The van der Waals surface area contributed by atoms with Gasteiger partial charge < -0.3 is 9.80 Å². The molecule has 0 amide bonds. The van der Waals surface area contributed by atoms with Gasteiger partial charge in [0.1, 0.15) is 0 Å². The Morgan fingerprint density at radius 2 is 0.953 bits per heavy atom. The third-order valence-corrected chi connectivity index (χ3v) is 14.0. The first-order valence-corrected chi connectivity index (χ1v) is 21.1. The number of rotatable bonds is 2. The minimum absolute atomic E-state index is 0.312. The van der Waals surface area contributed by atoms with Gasteiger partial charge in [0.05, 0.1) is 39.2 Å². The SMILES string of the molecule is [2H]c1cc2c3c(cc4c([2H])cc5c6c(cc1c3c46)B1c3ccc(C#N)cc3N(c3ccccc3)c3cc([N+]#[C-])cc-5c31)B1c3ccc([N+]#[C-])cc3N(c3ccccc3)c3cc(C#N)cc-2c31. The van der Waals surface area contributed by atoms with Gasteiger partial charge in [0.15, 0.2) is 11.4 Å². The van der Waals surface area contributed by atoms with Crippen LogP contribution in [-0.4, -0.2) is 13.4 Å². The van der Waals surface area contributed by atoms with Crippen LogP contribution >= 0.6 is 0 Å². The first-order valence-electron chi connectivity index (χ1n) is 22.1. The summed E-state index contributed by atoms with van der Waals surface area (Å²) in [5, 5.41) is 26.2. The third kappa shape index (κ3) is 4.27. The molecule has 14 rings (SSSR count). The van der Waals surface area contributed by atoms with E-state index in [0.29, 0.717) is 34.6 Å². The van der Waals surface area contributed by atoms with E-state index in [2.05, 4.69) is 55.9 Å². The summed E-state index contributed by atoms with van der Waals surface area (Å²) < 4.78 is 19.9. The maximum atomic E-state index is 10.6. The van der Waals surface area contributed by atoms with Crippen molar-refractivity contribution in [3.8, 4) is 34.4 Å². The van der Waals surface area contributed by atoms with E-state index >= 15 is 0 Å². The third-order valence-electron chi connectivity index (χ3n) is 14.0. The molecule has 0 saturated carbocycles. The molecule has 4 aliphatic heterocycles. The van der Waals surface area contributed by atoms with Crippen LogP contribution in [0.4, 0.5) is 45.5 Å². The molecular weight excluding hydrogens is 778 g/mol. The van der Waals surface area contributed by atoms with Gasteiger partial charge in [0, 0.05) is 34.1 Å². The average Bonchev–Trinajstić information content (AvgIpc) is 3.36. The fourth-order valence-corrected chi connectivity index (χ4v) is 11.6. The Kier molecular flexibility index (Phi) is 6.27. The van der Waals surface area contributed by atoms with Gasteiger partial charge in [-0.1, -0.05) is 102 Å². The van der Waals surface area contributed by atoms with Gasteiger partial charge in [-0.3, -0.25) is 0 Å². The van der Waals surface area contributed by atoms with Crippen LogP contribution in [-0.2, 0) is 0 Å². The number of nitriles is 2. The molecule has 0 unspecified atom stereocenters. The van der Waals surface area contributed by atoms with Gasteiger partial charge in [-0.05, 0) is 143 Å². The number of nitrogens with zero attached hydrogens (tertiary/aromatic N) is 6. The van der Waals surface area contributed by atoms with Gasteiger partial charge >= 0.3 is 0 Å². The van der Waals surface area contributed by atoms with Crippen LogP contribution in [0, 0.1) is 35.8 Å². The van der Waals surface area contributed by atoms with E-state index in [1.165, 1.54) is 0 Å². The average molecular weight is 807 g/mol. The van der Waals surface area contributed by atoms with E-state index in [1.807, 2.05) is 121 Å². The van der Waals surface area contributed by atoms with E-state index in [9.17, 15) is 13.3 Å². The second kappa shape index (κ2) is 12.3. The lowest BCUT2D eigenvalue weighted by molar-refractivity contribution is 1.29. The highest BCUT2D eigenvalue weighted by Gasteiger charge is 2.45. The second-order valence-electron chi connectivity index (χ2n) is 17.0. The topological polar surface area (TPSA) is 62.8 Å². The van der Waals surface area contributed by atoms with Gasteiger partial charge in [-0.2, -0.15) is 10.5 Å². The quantitative estimate of drug-likeness (QED) is 0.0992. The molecule has 286 valence electrons. The van der Waals surface area contributed by atoms with Crippen molar-refractivity contribution >= 4 is 124 Å². The molecule has 6 nitrogen and oxygen atoms in total. The number of hydrogen-bond donors (Lipinski definition) is 0. The first kappa shape index (κ1) is 32.7. The van der Waals surface area contributed by atoms with E-state index in [0.717, 1.165) is 121 Å². The lowest BCUT2D eigenvalue weighted by Crippen LogP contribution is -2.60. The van der Waals surface area contributed by atoms with E-state index < -0.39 is 0 Å². The lowest BCUT2D eigenvalue weighted by Gasteiger charge is -2.42. The highest BCUT2D eigenvalue weighted by atomic mass is 15.2. The number of anilines is 6. The van der Waals surface area contributed by atoms with Gasteiger partial charge in [-0.25, -0.2) is 9.69 Å². The van der Waals surface area contributed by atoms with Crippen molar-refractivity contribution in [3.63, 3.8) is 0 Å². The number of benzene rings is 10. The first-order chi connectivity index (χ1) is 32.4. The molecule has 0 aromatic heterocycles. The number of hydrogen-bond acceptors (Lipinski definition) is 4. The monoisotopic (exact) mass is 806 g/mol. The van der Waals surface area contributed by atoms with Crippen LogP contribution in [0.5, 0.6) is 0 Å². The zero-order chi connectivity index (χ0) is 44.3. The summed E-state index contributed by atoms with van der Waals surface area (Å²) in [7, 11) is 0. The maximum absolute atomic E-state index is 10.6. The molecule has 4 heterocycles. The summed E-state index contributed by atoms with van der Waals surface area (Å²) in [6, 6.07) is 53.5. The molecular formula is C56H26B2N6. The van der Waals surface area contributed by atoms with Gasteiger partial charge in [0.2, 0.25) is 13.4 Å². The standard InChI is InChI=1S/C56H26B2N6/c1-61-35-16-20-44-48(27-35)64(38-11-7-4-8-12-38)49-23-32(30-60)21-41-39-17-14-33-25-46-54-40(18-15-34-24-45(58(44)55(41)49)53(39)51(33)52(34)54)42-26-36(62-2)28-50-56(42)57(46)43-19-13-31(29-59)22-47(43)63(50)37-9-5-3-6-10-37/h3-28H/i14D,15D. The summed E-state index contributed by atoms with van der Waals surface area (Å²) in [6.07, 6.45) is 0. The van der Waals surface area contributed by atoms with E-state index in [1.54, 1.807) is 0 Å². The fourth-order valence-electron chi connectivity index (χ4n) is 11.6. The van der Waals surface area contributed by atoms with Crippen molar-refractivity contribution in [2.75, 3.05) is 9.80 Å². The van der Waals surface area contributed by atoms with Crippen LogP contribution in [0.15, 0.2) is 158 Å². The molecule has 0 spiro atoms. The molecule has 64 heavy (non-hydrogen) atoms. The number of para-hydroxylation sites is 2. The molecule has 0 bridgehead atoms. The Labute approximate surface area is 371 Å². The largest absolute Gasteiger partial charge is 0.313 e. The van der Waals surface area contributed by atoms with Gasteiger partial charge in [-0.15, -0.1) is 0 Å². The van der Waals surface area contributed by atoms with Crippen LogP contribution in [0.2, 0.25) is 0 Å². The molecule has 0 atom stereocenters. The highest BCUT2D eigenvalue weighted by molar-refractivity contribution is 7.02. The summed E-state index contributed by atoms with van der Waals surface area (Å²) in [6.45, 7) is 15.7. The number of fused-ring (bicyclic) bond motifs is 8. The van der Waals surface area contributed by atoms with Crippen LogP contribution in [0.25, 0.3) is 64.3 Å². The van der Waals surface area contributed by atoms with Crippen molar-refractivity contribution in [1.82, 2.24) is 0 Å². The zero-order valence-corrected chi connectivity index (χ0v) is 33.7. The van der Waals surface area contributed by atoms with Gasteiger partial charge in [0.25, 0.3) is 0 Å². The Morgan fingerprint density at radius 3 is 1.52 bits per heavy atom. The van der Waals surface area contributed by atoms with E-state index in [4.69, 9.17) is 13.1 Å². The Morgan fingerprint density at radius 1 is 0.453 bits per heavy atom. The minimum atomic E-state index is -0.313. The summed E-state index contributed by atoms with van der Waals surface area (Å²) in [5.41, 5.74) is 16.8. The minimum Gasteiger partial charge on any atom is -0.313 e. The molecule has 10 aromatic rings. The Balaban J connectivity index is 1.14. The molecule has 10 aromatic carbocycles. The smallest absolute Gasteiger partial charge is 0.248 e. The fraction of sp³-hybridized carbons (Fsp3) is 0. The molecule has 0 radical (unpaired) electrons. The van der Waals surface area contributed by atoms with Crippen molar-refractivity contribution < 1.29 is 2.74 Å². The molecule has 8 heteroatoms. The zero-order valence-electron chi connectivity index (χ0n) is 35.7. The molecule has 0 aliphatic carbocycles. The predicted molar refractivity (Wildman–Crippen MR) is 262 cm³/mol. The van der Waals surface area contributed by atoms with Crippen molar-refractivity contribution in [2.24, 2.45) is 0 Å². The normalized spacial score (nSPS) is 13.6. The van der Waals surface area contributed by atoms with Crippen molar-refractivity contribution in [2.45, 2.75) is 0 Å². The molecule has 4 aliphatic rings. The van der Waals surface area contributed by atoms with Crippen LogP contribution < -0.4 is 42.6 Å². The summed E-state index contributed by atoms with van der Waals surface area (Å²) in [4.78, 5) is 12.2. The Hall–Kier alpha value is -9.07. The molecule has 0 fully saturated rings. The summed E-state index contributed by atoms with van der Waals surface area (Å²) >= 11 is 0. The molecule has 0 N–H and O–H groups in total. The Bertz CT molecular complexity index is 3840. The molecule has 0 saturated heterocycles. The second-order valence-corrected chi connectivity index (χ2v) is 17.0. The van der Waals surface area contributed by atoms with Crippen LogP contribution in [0.1, 0.15) is 13.9 Å². The predicted octanol–water partition coefficient (Wildman–Crippen LogP) is 9.99. The van der Waals surface area contributed by atoms with Crippen LogP contribution in [0.3, 0.4) is 0 Å². The highest BCUT2D eigenvalue weighted by Crippen LogP contribution is 2.49. The maximum Gasteiger partial charge on any atom is 0.248 e. The lowest BCUT2D eigenvalue weighted by atomic mass is 9.31. The summed E-state index contributed by atoms with van der Waals surface area (Å²) in [5.74, 6) is 0. The van der Waals surface area contributed by atoms with Crippen molar-refractivity contribution in [1.29, 1.82) is 10.5 Å².